The predicted molar refractivity (Wildman–Crippen MR) is 272 cm³/mol. The summed E-state index contributed by atoms with van der Waals surface area (Å²) in [5.74, 6) is 0. The van der Waals surface area contributed by atoms with Gasteiger partial charge in [-0.2, -0.15) is 0 Å². The van der Waals surface area contributed by atoms with Crippen molar-refractivity contribution in [1.82, 2.24) is 0 Å². The third kappa shape index (κ3) is 5.33. The first-order chi connectivity index (χ1) is 32.0. The van der Waals surface area contributed by atoms with Gasteiger partial charge in [0, 0.05) is 22.1 Å². The van der Waals surface area contributed by atoms with Gasteiger partial charge in [0.05, 0.1) is 22.5 Å². The van der Waals surface area contributed by atoms with Gasteiger partial charge < -0.3 is 4.90 Å². The summed E-state index contributed by atoms with van der Waals surface area (Å²) in [5, 5.41) is 0. The summed E-state index contributed by atoms with van der Waals surface area (Å²) in [5.41, 5.74) is 26.1. The maximum atomic E-state index is 2.64. The van der Waals surface area contributed by atoms with E-state index in [1.807, 2.05) is 0 Å². The fraction of sp³-hybridized carbons (Fsp3) is 0.0938. The molecular weight excluding hydrogens is 783 g/mol. The van der Waals surface area contributed by atoms with Crippen molar-refractivity contribution < 1.29 is 0 Å². The Balaban J connectivity index is 1.16. The van der Waals surface area contributed by atoms with E-state index in [1.54, 1.807) is 0 Å². The maximum absolute atomic E-state index is 2.64. The minimum absolute atomic E-state index is 0.127. The number of anilines is 3. The third-order valence-electron chi connectivity index (χ3n) is 14.9. The number of para-hydroxylation sites is 1. The molecule has 0 aromatic heterocycles. The van der Waals surface area contributed by atoms with E-state index in [2.05, 4.69) is 243 Å². The first-order valence-corrected chi connectivity index (χ1v) is 23.2. The van der Waals surface area contributed by atoms with Crippen LogP contribution in [0.15, 0.2) is 224 Å². The Morgan fingerprint density at radius 1 is 0.369 bits per heavy atom. The van der Waals surface area contributed by atoms with Crippen molar-refractivity contribution in [3.8, 4) is 55.6 Å². The minimum atomic E-state index is -0.548. The summed E-state index contributed by atoms with van der Waals surface area (Å²) < 4.78 is 0. The van der Waals surface area contributed by atoms with Crippen molar-refractivity contribution in [2.24, 2.45) is 0 Å². The molecule has 9 aromatic carbocycles. The molecule has 0 amide bonds. The molecule has 13 rings (SSSR count). The van der Waals surface area contributed by atoms with E-state index in [9.17, 15) is 0 Å². The van der Waals surface area contributed by atoms with E-state index in [1.165, 1.54) is 106 Å². The fourth-order valence-electron chi connectivity index (χ4n) is 12.2. The quantitative estimate of drug-likeness (QED) is 0.161. The molecule has 0 aliphatic heterocycles. The number of fused-ring (bicyclic) bond motifs is 13. The maximum Gasteiger partial charge on any atom is 0.0746 e. The number of allylic oxidation sites excluding steroid dienone is 4. The van der Waals surface area contributed by atoms with Crippen LogP contribution in [-0.2, 0) is 10.8 Å². The van der Waals surface area contributed by atoms with E-state index >= 15 is 0 Å². The first kappa shape index (κ1) is 37.8. The van der Waals surface area contributed by atoms with Gasteiger partial charge in [-0.3, -0.25) is 0 Å². The fourth-order valence-corrected chi connectivity index (χ4v) is 12.2. The Bertz CT molecular complexity index is 3410. The lowest BCUT2D eigenvalue weighted by atomic mass is 9.70. The summed E-state index contributed by atoms with van der Waals surface area (Å²) in [6, 6.07) is 77.8. The topological polar surface area (TPSA) is 3.24 Å². The number of benzene rings is 9. The van der Waals surface area contributed by atoms with Gasteiger partial charge >= 0.3 is 0 Å². The summed E-state index contributed by atoms with van der Waals surface area (Å²) in [4.78, 5) is 2.64. The number of hydrogen-bond donors (Lipinski definition) is 0. The van der Waals surface area contributed by atoms with E-state index in [0.717, 1.165) is 24.2 Å². The van der Waals surface area contributed by atoms with Gasteiger partial charge in [-0.05, 0) is 121 Å². The lowest BCUT2D eigenvalue weighted by molar-refractivity contribution is 0.660. The van der Waals surface area contributed by atoms with Crippen molar-refractivity contribution >= 4 is 22.6 Å². The van der Waals surface area contributed by atoms with Crippen LogP contribution < -0.4 is 4.90 Å². The molecule has 0 atom stereocenters. The summed E-state index contributed by atoms with van der Waals surface area (Å²) in [6.45, 7) is 4.76. The molecule has 4 aliphatic carbocycles. The first-order valence-electron chi connectivity index (χ1n) is 23.2. The van der Waals surface area contributed by atoms with Gasteiger partial charge in [-0.1, -0.05) is 214 Å². The normalized spacial score (nSPS) is 15.1. The van der Waals surface area contributed by atoms with E-state index in [-0.39, 0.29) is 5.41 Å². The molecule has 0 saturated carbocycles. The van der Waals surface area contributed by atoms with Gasteiger partial charge in [0.15, 0.2) is 0 Å². The summed E-state index contributed by atoms with van der Waals surface area (Å²) >= 11 is 0. The molecule has 0 N–H and O–H groups in total. The Morgan fingerprint density at radius 2 is 0.892 bits per heavy atom. The van der Waals surface area contributed by atoms with Crippen LogP contribution in [0.3, 0.4) is 0 Å². The highest BCUT2D eigenvalue weighted by Crippen LogP contribution is 2.66. The zero-order chi connectivity index (χ0) is 43.3. The van der Waals surface area contributed by atoms with E-state index < -0.39 is 5.41 Å². The number of hydrogen-bond acceptors (Lipinski definition) is 1. The molecule has 9 aromatic rings. The van der Waals surface area contributed by atoms with Gasteiger partial charge in [-0.15, -0.1) is 0 Å². The smallest absolute Gasteiger partial charge is 0.0746 e. The highest BCUT2D eigenvalue weighted by molar-refractivity contribution is 6.04. The van der Waals surface area contributed by atoms with Crippen LogP contribution in [0.5, 0.6) is 0 Å². The molecule has 4 aliphatic rings. The molecule has 1 nitrogen and oxygen atoms in total. The van der Waals surface area contributed by atoms with Crippen molar-refractivity contribution in [3.05, 3.63) is 263 Å². The molecule has 0 saturated heterocycles. The zero-order valence-corrected chi connectivity index (χ0v) is 36.7. The molecule has 1 spiro atoms. The van der Waals surface area contributed by atoms with Crippen molar-refractivity contribution in [2.75, 3.05) is 4.90 Å². The highest BCUT2D eigenvalue weighted by atomic mass is 15.2. The van der Waals surface area contributed by atoms with Crippen LogP contribution in [-0.4, -0.2) is 0 Å². The van der Waals surface area contributed by atoms with Crippen LogP contribution in [0.25, 0.3) is 61.2 Å². The summed E-state index contributed by atoms with van der Waals surface area (Å²) in [6.07, 6.45) is 9.19. The minimum Gasteiger partial charge on any atom is -0.309 e. The third-order valence-corrected chi connectivity index (χ3v) is 14.9. The Hall–Kier alpha value is -7.74. The van der Waals surface area contributed by atoms with E-state index in [4.69, 9.17) is 0 Å². The molecule has 0 radical (unpaired) electrons. The molecular formula is C64H47N. The van der Waals surface area contributed by atoms with Crippen LogP contribution in [0, 0.1) is 0 Å². The molecule has 0 unspecified atom stereocenters. The molecule has 65 heavy (non-hydrogen) atoms. The monoisotopic (exact) mass is 829 g/mol. The Labute approximate surface area is 382 Å². The molecule has 0 fully saturated rings. The summed E-state index contributed by atoms with van der Waals surface area (Å²) in [7, 11) is 0. The average Bonchev–Trinajstić information content (AvgIpc) is 3.94. The number of rotatable bonds is 6. The second-order valence-corrected chi connectivity index (χ2v) is 18.6. The van der Waals surface area contributed by atoms with Gasteiger partial charge in [-0.25, -0.2) is 0 Å². The van der Waals surface area contributed by atoms with Crippen LogP contribution in [0.2, 0.25) is 0 Å². The lowest BCUT2D eigenvalue weighted by Crippen LogP contribution is -2.28. The van der Waals surface area contributed by atoms with Gasteiger partial charge in [0.25, 0.3) is 0 Å². The standard InChI is InChI=1S/C64H47N/c1-63(2)53-32-14-12-29-51(53)61-49(30-19-36-57(61)63)48-28-13-18-37-58(48)65(59-40-39-44(42-21-5-3-6-22-42)41-52(59)43-23-7-4-8-24-43)60-38-20-31-50-47-27-11-17-35-56(47)64(62(50)60)54-33-15-9-25-45(54)46-26-10-16-34-55(46)64/h3,5-7,9-41H,4,8H2,1-2H3. The predicted octanol–water partition coefficient (Wildman–Crippen LogP) is 16.9. The Kier molecular flexibility index (Phi) is 8.37. The Morgan fingerprint density at radius 3 is 1.58 bits per heavy atom. The van der Waals surface area contributed by atoms with Crippen LogP contribution in [0.1, 0.15) is 65.6 Å². The van der Waals surface area contributed by atoms with Crippen LogP contribution in [0.4, 0.5) is 17.1 Å². The zero-order valence-electron chi connectivity index (χ0n) is 36.7. The molecule has 1 heteroatoms. The molecule has 308 valence electrons. The molecule has 0 heterocycles. The van der Waals surface area contributed by atoms with Crippen molar-refractivity contribution in [2.45, 2.75) is 37.5 Å². The molecule has 0 bridgehead atoms. The lowest BCUT2D eigenvalue weighted by Gasteiger charge is -2.37. The van der Waals surface area contributed by atoms with Crippen molar-refractivity contribution in [1.29, 1.82) is 0 Å². The number of nitrogens with zero attached hydrogens (tertiary/aromatic N) is 1. The van der Waals surface area contributed by atoms with Crippen molar-refractivity contribution in [3.63, 3.8) is 0 Å². The SMILES string of the molecule is CC1(C)c2ccccc2-c2c(-c3ccccc3N(c3ccc(-c4ccccc4)cc3C3=CCCC=C3)c3cccc4c3C3(c5ccccc5-c5ccccc53)c3ccccc3-4)cccc21. The highest BCUT2D eigenvalue weighted by Gasteiger charge is 2.53. The van der Waals surface area contributed by atoms with E-state index in [0.29, 0.717) is 0 Å². The second kappa shape index (κ2) is 14.4. The van der Waals surface area contributed by atoms with Crippen LogP contribution >= 0.6 is 0 Å². The van der Waals surface area contributed by atoms with Gasteiger partial charge in [0.1, 0.15) is 0 Å². The largest absolute Gasteiger partial charge is 0.309 e. The second-order valence-electron chi connectivity index (χ2n) is 18.6. The average molecular weight is 830 g/mol. The van der Waals surface area contributed by atoms with Gasteiger partial charge in [0.2, 0.25) is 0 Å².